The Morgan fingerprint density at radius 2 is 0.591 bits per heavy atom. The van der Waals surface area contributed by atoms with E-state index in [9.17, 15) is 14.4 Å². The van der Waals surface area contributed by atoms with E-state index >= 15 is 0 Å². The summed E-state index contributed by atoms with van der Waals surface area (Å²) in [5.74, 6) is -0.871. The average molecular weight is 928 g/mol. The second-order valence-corrected chi connectivity index (χ2v) is 19.5. The third kappa shape index (κ3) is 52.6. The molecule has 0 saturated heterocycles. The van der Waals surface area contributed by atoms with Crippen LogP contribution >= 0.6 is 0 Å². The maximum absolute atomic E-state index is 12.8. The second kappa shape index (κ2) is 55.2. The lowest BCUT2D eigenvalue weighted by atomic mass is 10.0. The molecular formula is C60H110O6. The van der Waals surface area contributed by atoms with Crippen molar-refractivity contribution in [2.75, 3.05) is 13.2 Å². The molecule has 0 aliphatic carbocycles. The van der Waals surface area contributed by atoms with E-state index in [4.69, 9.17) is 14.2 Å². The standard InChI is InChI=1S/C60H110O6/c1-4-7-10-13-16-19-22-25-28-29-30-33-35-38-41-44-47-50-53-59(62)65-56-57(66-60(63)54-51-48-45-42-39-36-32-27-24-21-18-15-12-9-6-3)55-64-58(61)52-49-46-43-40-37-34-31-26-23-20-17-14-11-8-5-2/h9,12,18,21,27,32,57H,4-8,10-11,13-17,19-20,22-26,28-31,33-56H2,1-3H3/b12-9-,21-18-,32-27-/t57-/m1/s1. The molecule has 0 spiro atoms. The van der Waals surface area contributed by atoms with Gasteiger partial charge in [-0.15, -0.1) is 0 Å². The number of allylic oxidation sites excluding steroid dienone is 6. The number of hydrogen-bond donors (Lipinski definition) is 0. The summed E-state index contributed by atoms with van der Waals surface area (Å²) < 4.78 is 16.9. The second-order valence-electron chi connectivity index (χ2n) is 19.5. The van der Waals surface area contributed by atoms with Crippen LogP contribution in [0, 0.1) is 0 Å². The van der Waals surface area contributed by atoms with E-state index in [1.54, 1.807) is 0 Å². The van der Waals surface area contributed by atoms with Crippen LogP contribution in [0.1, 0.15) is 310 Å². The van der Waals surface area contributed by atoms with Crippen LogP contribution in [0.3, 0.4) is 0 Å². The van der Waals surface area contributed by atoms with Gasteiger partial charge in [0.2, 0.25) is 0 Å². The Balaban J connectivity index is 4.34. The fraction of sp³-hybridized carbons (Fsp3) is 0.850. The Hall–Kier alpha value is -2.37. The molecular weight excluding hydrogens is 817 g/mol. The smallest absolute Gasteiger partial charge is 0.306 e. The largest absolute Gasteiger partial charge is 0.462 e. The van der Waals surface area contributed by atoms with Gasteiger partial charge >= 0.3 is 17.9 Å². The number of ether oxygens (including phenoxy) is 3. The van der Waals surface area contributed by atoms with Crippen molar-refractivity contribution in [3.05, 3.63) is 36.5 Å². The number of unbranched alkanes of at least 4 members (excludes halogenated alkanes) is 36. The molecule has 0 rings (SSSR count). The zero-order valence-electron chi connectivity index (χ0n) is 44.2. The molecule has 0 aliphatic rings. The Morgan fingerprint density at radius 1 is 0.318 bits per heavy atom. The molecule has 0 aromatic carbocycles. The highest BCUT2D eigenvalue weighted by molar-refractivity contribution is 5.71. The molecule has 0 aliphatic heterocycles. The van der Waals surface area contributed by atoms with Crippen molar-refractivity contribution in [3.63, 3.8) is 0 Å². The van der Waals surface area contributed by atoms with Crippen LogP contribution in [0.2, 0.25) is 0 Å². The van der Waals surface area contributed by atoms with Crippen molar-refractivity contribution in [1.82, 2.24) is 0 Å². The molecule has 0 heterocycles. The molecule has 0 radical (unpaired) electrons. The van der Waals surface area contributed by atoms with Gasteiger partial charge in [0.15, 0.2) is 6.10 Å². The maximum atomic E-state index is 12.8. The molecule has 0 unspecified atom stereocenters. The average Bonchev–Trinajstić information content (AvgIpc) is 3.31. The van der Waals surface area contributed by atoms with Crippen LogP contribution in [0.15, 0.2) is 36.5 Å². The molecule has 6 nitrogen and oxygen atoms in total. The van der Waals surface area contributed by atoms with Gasteiger partial charge in [0.05, 0.1) is 0 Å². The fourth-order valence-electron chi connectivity index (χ4n) is 8.58. The zero-order valence-corrected chi connectivity index (χ0v) is 44.2. The van der Waals surface area contributed by atoms with Crippen LogP contribution in [0.25, 0.3) is 0 Å². The van der Waals surface area contributed by atoms with Gasteiger partial charge in [-0.25, -0.2) is 0 Å². The molecule has 386 valence electrons. The van der Waals surface area contributed by atoms with Crippen LogP contribution in [-0.4, -0.2) is 37.2 Å². The number of carbonyl (C=O) groups is 3. The molecule has 6 heteroatoms. The van der Waals surface area contributed by atoms with Crippen molar-refractivity contribution >= 4 is 17.9 Å². The molecule has 0 aromatic heterocycles. The normalized spacial score (nSPS) is 12.2. The van der Waals surface area contributed by atoms with E-state index in [0.29, 0.717) is 19.3 Å². The third-order valence-electron chi connectivity index (χ3n) is 12.9. The maximum Gasteiger partial charge on any atom is 0.306 e. The molecule has 0 N–H and O–H groups in total. The van der Waals surface area contributed by atoms with Crippen LogP contribution in [0.5, 0.6) is 0 Å². The Bertz CT molecular complexity index is 1110. The summed E-state index contributed by atoms with van der Waals surface area (Å²) in [6.45, 7) is 6.56. The first kappa shape index (κ1) is 63.6. The molecule has 0 fully saturated rings. The first-order valence-corrected chi connectivity index (χ1v) is 29.0. The van der Waals surface area contributed by atoms with Gasteiger partial charge < -0.3 is 14.2 Å². The third-order valence-corrected chi connectivity index (χ3v) is 12.9. The highest BCUT2D eigenvalue weighted by atomic mass is 16.6. The van der Waals surface area contributed by atoms with Crippen LogP contribution in [0.4, 0.5) is 0 Å². The quantitative estimate of drug-likeness (QED) is 0.0262. The Labute approximate surface area is 410 Å². The minimum absolute atomic E-state index is 0.0743. The van der Waals surface area contributed by atoms with Crippen molar-refractivity contribution in [2.45, 2.75) is 316 Å². The predicted octanol–water partition coefficient (Wildman–Crippen LogP) is 19.3. The lowest BCUT2D eigenvalue weighted by molar-refractivity contribution is -0.167. The SMILES string of the molecule is CC/C=C\C/C=C\C/C=C\CCCCCCCC(=O)O[C@H](COC(=O)CCCCCCCCCCCCCCCCC)COC(=O)CCCCCCCCCCCCCCCCCCCC. The van der Waals surface area contributed by atoms with E-state index in [1.807, 2.05) is 0 Å². The van der Waals surface area contributed by atoms with Gasteiger partial charge in [0, 0.05) is 19.3 Å². The molecule has 1 atom stereocenters. The van der Waals surface area contributed by atoms with Gasteiger partial charge in [0.1, 0.15) is 13.2 Å². The summed E-state index contributed by atoms with van der Waals surface area (Å²) >= 11 is 0. The topological polar surface area (TPSA) is 78.9 Å². The lowest BCUT2D eigenvalue weighted by Gasteiger charge is -2.18. The highest BCUT2D eigenvalue weighted by Crippen LogP contribution is 2.17. The van der Waals surface area contributed by atoms with Gasteiger partial charge in [-0.05, 0) is 51.4 Å². The molecule has 0 saturated carbocycles. The van der Waals surface area contributed by atoms with Crippen LogP contribution in [-0.2, 0) is 28.6 Å². The fourth-order valence-corrected chi connectivity index (χ4v) is 8.58. The minimum atomic E-state index is -0.777. The molecule has 0 bridgehead atoms. The van der Waals surface area contributed by atoms with Crippen LogP contribution < -0.4 is 0 Å². The van der Waals surface area contributed by atoms with E-state index < -0.39 is 6.10 Å². The first-order chi connectivity index (χ1) is 32.5. The summed E-state index contributed by atoms with van der Waals surface area (Å²) in [6.07, 6.45) is 65.6. The van der Waals surface area contributed by atoms with Crippen molar-refractivity contribution in [2.24, 2.45) is 0 Å². The van der Waals surface area contributed by atoms with Gasteiger partial charge in [-0.2, -0.15) is 0 Å². The lowest BCUT2D eigenvalue weighted by Crippen LogP contribution is -2.30. The highest BCUT2D eigenvalue weighted by Gasteiger charge is 2.19. The van der Waals surface area contributed by atoms with Gasteiger partial charge in [-0.1, -0.05) is 276 Å². The van der Waals surface area contributed by atoms with Crippen molar-refractivity contribution in [1.29, 1.82) is 0 Å². The van der Waals surface area contributed by atoms with Crippen molar-refractivity contribution < 1.29 is 28.6 Å². The van der Waals surface area contributed by atoms with E-state index in [0.717, 1.165) is 96.3 Å². The van der Waals surface area contributed by atoms with E-state index in [2.05, 4.69) is 57.2 Å². The van der Waals surface area contributed by atoms with Gasteiger partial charge in [-0.3, -0.25) is 14.4 Å². The van der Waals surface area contributed by atoms with Crippen molar-refractivity contribution in [3.8, 4) is 0 Å². The summed E-state index contributed by atoms with van der Waals surface area (Å²) in [5, 5.41) is 0. The number of carbonyl (C=O) groups excluding carboxylic acids is 3. The predicted molar refractivity (Wildman–Crippen MR) is 284 cm³/mol. The molecule has 0 aromatic rings. The number of rotatable bonds is 53. The van der Waals surface area contributed by atoms with E-state index in [1.165, 1.54) is 173 Å². The summed E-state index contributed by atoms with van der Waals surface area (Å²) in [6, 6.07) is 0. The summed E-state index contributed by atoms with van der Waals surface area (Å²) in [4.78, 5) is 38.1. The first-order valence-electron chi connectivity index (χ1n) is 29.0. The summed E-state index contributed by atoms with van der Waals surface area (Å²) in [5.41, 5.74) is 0. The molecule has 0 amide bonds. The number of hydrogen-bond acceptors (Lipinski definition) is 6. The van der Waals surface area contributed by atoms with Gasteiger partial charge in [0.25, 0.3) is 0 Å². The van der Waals surface area contributed by atoms with E-state index in [-0.39, 0.29) is 31.1 Å². The number of esters is 3. The monoisotopic (exact) mass is 927 g/mol. The molecule has 66 heavy (non-hydrogen) atoms. The zero-order chi connectivity index (χ0) is 47.9. The Kier molecular flexibility index (Phi) is 53.2. The summed E-state index contributed by atoms with van der Waals surface area (Å²) in [7, 11) is 0. The minimum Gasteiger partial charge on any atom is -0.462 e. The Morgan fingerprint density at radius 3 is 0.924 bits per heavy atom.